The van der Waals surface area contributed by atoms with Crippen LogP contribution in [0.15, 0.2) is 12.2 Å². The molecule has 0 amide bonds. The number of rotatable bonds is 8. The van der Waals surface area contributed by atoms with Crippen molar-refractivity contribution in [1.29, 1.82) is 0 Å². The van der Waals surface area contributed by atoms with Crippen LogP contribution < -0.4 is 0 Å². The van der Waals surface area contributed by atoms with Crippen LogP contribution in [-0.4, -0.2) is 49.3 Å². The van der Waals surface area contributed by atoms with E-state index in [-0.39, 0.29) is 12.2 Å². The number of carbonyl (C=O) groups is 4. The second kappa shape index (κ2) is 10.4. The van der Waals surface area contributed by atoms with Gasteiger partial charge < -0.3 is 18.9 Å². The molecule has 0 aromatic carbocycles. The van der Waals surface area contributed by atoms with Crippen molar-refractivity contribution in [1.82, 2.24) is 0 Å². The van der Waals surface area contributed by atoms with Crippen molar-refractivity contribution in [2.45, 2.75) is 39.9 Å². The highest BCUT2D eigenvalue weighted by Gasteiger charge is 2.10. The summed E-state index contributed by atoms with van der Waals surface area (Å²) in [5.74, 6) is -3.23. The van der Waals surface area contributed by atoms with E-state index in [1.54, 1.807) is 27.7 Å². The van der Waals surface area contributed by atoms with E-state index in [4.69, 9.17) is 9.47 Å². The maximum Gasteiger partial charge on any atom is 0.344 e. The van der Waals surface area contributed by atoms with Crippen molar-refractivity contribution in [3.05, 3.63) is 12.2 Å². The normalized spacial score (nSPS) is 10.6. The Balaban J connectivity index is 3.99. The molecule has 0 unspecified atom stereocenters. The van der Waals surface area contributed by atoms with Gasteiger partial charge in [-0.1, -0.05) is 0 Å². The van der Waals surface area contributed by atoms with Crippen LogP contribution >= 0.6 is 0 Å². The number of carbonyl (C=O) groups excluding carboxylic acids is 4. The summed E-state index contributed by atoms with van der Waals surface area (Å²) in [7, 11) is 0. The maximum atomic E-state index is 11.2. The third-order valence-corrected chi connectivity index (χ3v) is 1.75. The largest absolute Gasteiger partial charge is 0.460 e. The molecule has 124 valence electrons. The molecule has 0 aromatic rings. The fraction of sp³-hybridized carbons (Fsp3) is 0.571. The van der Waals surface area contributed by atoms with Crippen molar-refractivity contribution in [2.75, 3.05) is 13.2 Å². The first kappa shape index (κ1) is 19.6. The van der Waals surface area contributed by atoms with Gasteiger partial charge in [0.25, 0.3) is 0 Å². The highest BCUT2D eigenvalue weighted by atomic mass is 16.6. The van der Waals surface area contributed by atoms with E-state index in [9.17, 15) is 19.2 Å². The highest BCUT2D eigenvalue weighted by molar-refractivity contribution is 5.93. The molecule has 0 fully saturated rings. The van der Waals surface area contributed by atoms with Crippen LogP contribution in [0.4, 0.5) is 0 Å². The van der Waals surface area contributed by atoms with Crippen LogP contribution in [0, 0.1) is 0 Å². The minimum atomic E-state index is -0.914. The molecule has 0 N–H and O–H groups in total. The van der Waals surface area contributed by atoms with E-state index in [0.717, 1.165) is 12.2 Å². The van der Waals surface area contributed by atoms with Crippen LogP contribution in [0.3, 0.4) is 0 Å². The Labute approximate surface area is 128 Å². The van der Waals surface area contributed by atoms with Gasteiger partial charge in [-0.3, -0.25) is 0 Å². The topological polar surface area (TPSA) is 105 Å². The summed E-state index contributed by atoms with van der Waals surface area (Å²) in [6, 6.07) is 0. The molecule has 0 aliphatic carbocycles. The van der Waals surface area contributed by atoms with Crippen molar-refractivity contribution >= 4 is 23.9 Å². The standard InChI is InChI=1S/C14H20O8/c1-9(2)21-13(17)7-19-11(15)5-6-12(16)20-8-14(18)22-10(3)4/h5-6,9-10H,7-8H2,1-4H3/b6-5+. The number of esters is 4. The van der Waals surface area contributed by atoms with E-state index >= 15 is 0 Å². The highest BCUT2D eigenvalue weighted by Crippen LogP contribution is 1.93. The number of hydrogen-bond acceptors (Lipinski definition) is 8. The van der Waals surface area contributed by atoms with Crippen LogP contribution in [0.1, 0.15) is 27.7 Å². The molecule has 0 aromatic heterocycles. The SMILES string of the molecule is CC(C)OC(=O)COC(=O)/C=C/C(=O)OCC(=O)OC(C)C. The summed E-state index contributed by atoms with van der Waals surface area (Å²) in [5.41, 5.74) is 0. The van der Waals surface area contributed by atoms with Gasteiger partial charge in [0, 0.05) is 12.2 Å². The predicted molar refractivity (Wildman–Crippen MR) is 73.5 cm³/mol. The van der Waals surface area contributed by atoms with Gasteiger partial charge in [0.15, 0.2) is 13.2 Å². The lowest BCUT2D eigenvalue weighted by Gasteiger charge is -2.07. The Hall–Kier alpha value is -2.38. The molecule has 0 aliphatic heterocycles. The van der Waals surface area contributed by atoms with Crippen LogP contribution in [0.2, 0.25) is 0 Å². The molecular formula is C14H20O8. The van der Waals surface area contributed by atoms with Gasteiger partial charge in [-0.25, -0.2) is 19.2 Å². The average molecular weight is 316 g/mol. The lowest BCUT2D eigenvalue weighted by atomic mass is 10.5. The molecule has 0 saturated heterocycles. The summed E-state index contributed by atoms with van der Waals surface area (Å²) in [4.78, 5) is 44.6. The average Bonchev–Trinajstić information content (AvgIpc) is 2.39. The molecule has 0 saturated carbocycles. The summed E-state index contributed by atoms with van der Waals surface area (Å²) in [6.07, 6.45) is 0.919. The van der Waals surface area contributed by atoms with E-state index in [0.29, 0.717) is 0 Å². The van der Waals surface area contributed by atoms with Crippen LogP contribution in [0.5, 0.6) is 0 Å². The molecule has 22 heavy (non-hydrogen) atoms. The fourth-order valence-corrected chi connectivity index (χ4v) is 1.09. The Kier molecular flexibility index (Phi) is 9.24. The first-order valence-electron chi connectivity index (χ1n) is 6.61. The molecule has 8 nitrogen and oxygen atoms in total. The molecule has 0 aliphatic rings. The zero-order valence-electron chi connectivity index (χ0n) is 13.0. The van der Waals surface area contributed by atoms with E-state index in [2.05, 4.69) is 9.47 Å². The van der Waals surface area contributed by atoms with Crippen LogP contribution in [0.25, 0.3) is 0 Å². The third kappa shape index (κ3) is 11.4. The Morgan fingerprint density at radius 3 is 1.32 bits per heavy atom. The van der Waals surface area contributed by atoms with Gasteiger partial charge in [-0.15, -0.1) is 0 Å². The molecule has 0 spiro atoms. The Bertz CT molecular complexity index is 396. The molecule has 0 atom stereocenters. The zero-order valence-corrected chi connectivity index (χ0v) is 13.0. The van der Waals surface area contributed by atoms with E-state index in [1.807, 2.05) is 0 Å². The van der Waals surface area contributed by atoms with Crippen LogP contribution in [-0.2, 0) is 38.1 Å². The molecule has 0 rings (SSSR count). The van der Waals surface area contributed by atoms with E-state index in [1.165, 1.54) is 0 Å². The number of hydrogen-bond donors (Lipinski definition) is 0. The monoisotopic (exact) mass is 316 g/mol. The predicted octanol–water partition coefficient (Wildman–Crippen LogP) is 0.532. The first-order valence-corrected chi connectivity index (χ1v) is 6.61. The quantitative estimate of drug-likeness (QED) is 0.363. The van der Waals surface area contributed by atoms with E-state index < -0.39 is 37.1 Å². The molecule has 0 radical (unpaired) electrons. The molecule has 0 bridgehead atoms. The summed E-state index contributed by atoms with van der Waals surface area (Å²) in [6.45, 7) is 5.49. The summed E-state index contributed by atoms with van der Waals surface area (Å²) >= 11 is 0. The summed E-state index contributed by atoms with van der Waals surface area (Å²) in [5, 5.41) is 0. The summed E-state index contributed by atoms with van der Waals surface area (Å²) < 4.78 is 18.5. The lowest BCUT2D eigenvalue weighted by molar-refractivity contribution is -0.159. The van der Waals surface area contributed by atoms with Crippen molar-refractivity contribution in [2.24, 2.45) is 0 Å². The van der Waals surface area contributed by atoms with Gasteiger partial charge >= 0.3 is 23.9 Å². The minimum Gasteiger partial charge on any atom is -0.460 e. The van der Waals surface area contributed by atoms with Crippen molar-refractivity contribution < 1.29 is 38.1 Å². The second-order valence-electron chi connectivity index (χ2n) is 4.63. The maximum absolute atomic E-state index is 11.2. The minimum absolute atomic E-state index is 0.317. The molecule has 0 heterocycles. The van der Waals surface area contributed by atoms with Gasteiger partial charge in [0.2, 0.25) is 0 Å². The molecular weight excluding hydrogens is 296 g/mol. The molecule has 8 heteroatoms. The zero-order chi connectivity index (χ0) is 17.1. The third-order valence-electron chi connectivity index (χ3n) is 1.75. The van der Waals surface area contributed by atoms with Crippen molar-refractivity contribution in [3.8, 4) is 0 Å². The van der Waals surface area contributed by atoms with Crippen molar-refractivity contribution in [3.63, 3.8) is 0 Å². The van der Waals surface area contributed by atoms with Gasteiger partial charge in [0.05, 0.1) is 12.2 Å². The van der Waals surface area contributed by atoms with Gasteiger partial charge in [-0.2, -0.15) is 0 Å². The smallest absolute Gasteiger partial charge is 0.344 e. The Morgan fingerprint density at radius 2 is 1.05 bits per heavy atom. The Morgan fingerprint density at radius 1 is 0.727 bits per heavy atom. The fourth-order valence-electron chi connectivity index (χ4n) is 1.09. The van der Waals surface area contributed by atoms with Gasteiger partial charge in [0.1, 0.15) is 0 Å². The second-order valence-corrected chi connectivity index (χ2v) is 4.63. The first-order chi connectivity index (χ1) is 10.2. The lowest BCUT2D eigenvalue weighted by Crippen LogP contribution is -2.19. The number of ether oxygens (including phenoxy) is 4. The van der Waals surface area contributed by atoms with Gasteiger partial charge in [-0.05, 0) is 27.7 Å².